The van der Waals surface area contributed by atoms with Crippen molar-refractivity contribution in [3.8, 4) is 0 Å². The molecule has 1 aromatic rings. The lowest BCUT2D eigenvalue weighted by molar-refractivity contribution is -0.139. The molecule has 4 nitrogen and oxygen atoms in total. The highest BCUT2D eigenvalue weighted by Crippen LogP contribution is 2.26. The third kappa shape index (κ3) is 4.55. The van der Waals surface area contributed by atoms with Crippen LogP contribution in [0.3, 0.4) is 0 Å². The molecule has 1 saturated heterocycles. The highest BCUT2D eigenvalue weighted by atomic mass is 35.5. The van der Waals surface area contributed by atoms with Gasteiger partial charge >= 0.3 is 0 Å². The number of rotatable bonds is 4. The molecule has 0 saturated carbocycles. The summed E-state index contributed by atoms with van der Waals surface area (Å²) in [5.41, 5.74) is 0.584. The smallest absolute Gasteiger partial charge is 0.247 e. The number of anilines is 1. The zero-order chi connectivity index (χ0) is 17.0. The predicted octanol–water partition coefficient (Wildman–Crippen LogP) is 4.06. The summed E-state index contributed by atoms with van der Waals surface area (Å²) >= 11 is 13.3. The average Bonchev–Trinajstić information content (AvgIpc) is 2.56. The van der Waals surface area contributed by atoms with E-state index in [2.05, 4.69) is 5.32 Å². The number of hydrogen-bond acceptors (Lipinski definition) is 3. The van der Waals surface area contributed by atoms with Crippen molar-refractivity contribution in [1.29, 1.82) is 0 Å². The summed E-state index contributed by atoms with van der Waals surface area (Å²) in [6.45, 7) is 2.50. The Morgan fingerprint density at radius 2 is 2.04 bits per heavy atom. The van der Waals surface area contributed by atoms with Gasteiger partial charge < -0.3 is 10.2 Å². The van der Waals surface area contributed by atoms with Crippen LogP contribution in [-0.2, 0) is 9.59 Å². The standard InChI is InChI=1S/C16H20Cl2N2O2S/c1-10(23-2)16(22)20-8-4-3-5-14(20)15(21)19-11-6-7-12(17)13(18)9-11/h6-7,9-10,14H,3-5,8H2,1-2H3,(H,19,21). The first-order valence-electron chi connectivity index (χ1n) is 7.53. The van der Waals surface area contributed by atoms with E-state index in [-0.39, 0.29) is 17.1 Å². The van der Waals surface area contributed by atoms with Crippen molar-refractivity contribution in [3.05, 3.63) is 28.2 Å². The van der Waals surface area contributed by atoms with E-state index in [0.717, 1.165) is 12.8 Å². The summed E-state index contributed by atoms with van der Waals surface area (Å²) < 4.78 is 0. The number of carbonyl (C=O) groups excluding carboxylic acids is 2. The Morgan fingerprint density at radius 3 is 2.70 bits per heavy atom. The highest BCUT2D eigenvalue weighted by Gasteiger charge is 2.33. The highest BCUT2D eigenvalue weighted by molar-refractivity contribution is 7.99. The fraction of sp³-hybridized carbons (Fsp3) is 0.500. The number of amides is 2. The fourth-order valence-corrected chi connectivity index (χ4v) is 3.24. The van der Waals surface area contributed by atoms with Gasteiger partial charge in [-0.25, -0.2) is 0 Å². The van der Waals surface area contributed by atoms with E-state index in [4.69, 9.17) is 23.2 Å². The number of nitrogens with zero attached hydrogens (tertiary/aromatic N) is 1. The van der Waals surface area contributed by atoms with Crippen LogP contribution in [0, 0.1) is 0 Å². The Hall–Kier alpha value is -0.910. The van der Waals surface area contributed by atoms with E-state index in [1.54, 1.807) is 23.1 Å². The van der Waals surface area contributed by atoms with Crippen LogP contribution in [0.5, 0.6) is 0 Å². The Morgan fingerprint density at radius 1 is 1.30 bits per heavy atom. The van der Waals surface area contributed by atoms with Gasteiger partial charge in [-0.15, -0.1) is 0 Å². The van der Waals surface area contributed by atoms with Crippen LogP contribution in [0.1, 0.15) is 26.2 Å². The van der Waals surface area contributed by atoms with Gasteiger partial charge in [0, 0.05) is 12.2 Å². The topological polar surface area (TPSA) is 49.4 Å². The van der Waals surface area contributed by atoms with Gasteiger partial charge in [0.2, 0.25) is 11.8 Å². The van der Waals surface area contributed by atoms with Crippen LogP contribution in [0.4, 0.5) is 5.69 Å². The van der Waals surface area contributed by atoms with Crippen LogP contribution < -0.4 is 5.32 Å². The molecular formula is C16H20Cl2N2O2S. The monoisotopic (exact) mass is 374 g/mol. The lowest BCUT2D eigenvalue weighted by atomic mass is 10.0. The predicted molar refractivity (Wildman–Crippen MR) is 97.4 cm³/mol. The Balaban J connectivity index is 2.11. The maximum atomic E-state index is 12.6. The quantitative estimate of drug-likeness (QED) is 0.863. The zero-order valence-corrected chi connectivity index (χ0v) is 15.5. The van der Waals surface area contributed by atoms with Crippen LogP contribution in [0.2, 0.25) is 10.0 Å². The van der Waals surface area contributed by atoms with Crippen LogP contribution in [0.25, 0.3) is 0 Å². The molecule has 1 aliphatic rings. The summed E-state index contributed by atoms with van der Waals surface area (Å²) in [5.74, 6) is -0.156. The van der Waals surface area contributed by atoms with Gasteiger partial charge in [0.05, 0.1) is 15.3 Å². The van der Waals surface area contributed by atoms with Gasteiger partial charge in [-0.2, -0.15) is 11.8 Å². The molecule has 0 bridgehead atoms. The minimum Gasteiger partial charge on any atom is -0.330 e. The van der Waals surface area contributed by atoms with Gasteiger partial charge in [0.1, 0.15) is 6.04 Å². The van der Waals surface area contributed by atoms with E-state index in [9.17, 15) is 9.59 Å². The third-order valence-corrected chi connectivity index (χ3v) is 5.62. The SMILES string of the molecule is CSC(C)C(=O)N1CCCCC1C(=O)Nc1ccc(Cl)c(Cl)c1. The van der Waals surface area contributed by atoms with Crippen LogP contribution in [-0.4, -0.2) is 40.8 Å². The number of nitrogens with one attached hydrogen (secondary N) is 1. The molecule has 0 radical (unpaired) electrons. The van der Waals surface area contributed by atoms with E-state index >= 15 is 0 Å². The van der Waals surface area contributed by atoms with Gasteiger partial charge in [-0.05, 0) is 50.6 Å². The molecule has 2 atom stereocenters. The summed E-state index contributed by atoms with van der Waals surface area (Å²) in [7, 11) is 0. The van der Waals surface area contributed by atoms with E-state index in [1.165, 1.54) is 11.8 Å². The number of thioether (sulfide) groups is 1. The molecule has 1 fully saturated rings. The van der Waals surface area contributed by atoms with E-state index in [0.29, 0.717) is 28.7 Å². The summed E-state index contributed by atoms with van der Waals surface area (Å²) in [5, 5.41) is 3.52. The fourth-order valence-electron chi connectivity index (χ4n) is 2.60. The molecule has 1 aliphatic heterocycles. The molecule has 0 aliphatic carbocycles. The number of carbonyl (C=O) groups is 2. The van der Waals surface area contributed by atoms with E-state index < -0.39 is 6.04 Å². The van der Waals surface area contributed by atoms with Crippen molar-refractivity contribution in [2.75, 3.05) is 18.1 Å². The lowest BCUT2D eigenvalue weighted by Crippen LogP contribution is -2.52. The van der Waals surface area contributed by atoms with Crippen molar-refractivity contribution in [1.82, 2.24) is 4.90 Å². The molecule has 0 spiro atoms. The first-order chi connectivity index (χ1) is 10.9. The first kappa shape index (κ1) is 18.4. The van der Waals surface area contributed by atoms with Crippen LogP contribution >= 0.6 is 35.0 Å². The molecule has 2 amide bonds. The van der Waals surface area contributed by atoms with Crippen molar-refractivity contribution < 1.29 is 9.59 Å². The number of hydrogen-bond donors (Lipinski definition) is 1. The molecule has 126 valence electrons. The molecule has 2 rings (SSSR count). The van der Waals surface area contributed by atoms with Crippen molar-refractivity contribution in [3.63, 3.8) is 0 Å². The molecule has 1 aromatic carbocycles. The minimum atomic E-state index is -0.430. The minimum absolute atomic E-state index is 0.0199. The lowest BCUT2D eigenvalue weighted by Gasteiger charge is -2.36. The second kappa shape index (κ2) is 8.27. The molecule has 1 N–H and O–H groups in total. The van der Waals surface area contributed by atoms with Gasteiger partial charge in [0.15, 0.2) is 0 Å². The molecule has 0 aromatic heterocycles. The Kier molecular flexibility index (Phi) is 6.62. The van der Waals surface area contributed by atoms with Gasteiger partial charge in [-0.1, -0.05) is 23.2 Å². The average molecular weight is 375 g/mol. The second-order valence-electron chi connectivity index (χ2n) is 5.54. The summed E-state index contributed by atoms with van der Waals surface area (Å²) in [4.78, 5) is 26.8. The third-order valence-electron chi connectivity index (χ3n) is 3.98. The number of halogens is 2. The second-order valence-corrected chi connectivity index (χ2v) is 7.53. The van der Waals surface area contributed by atoms with E-state index in [1.807, 2.05) is 13.2 Å². The summed E-state index contributed by atoms with van der Waals surface area (Å²) in [6.07, 6.45) is 4.46. The van der Waals surface area contributed by atoms with Crippen LogP contribution in [0.15, 0.2) is 18.2 Å². The largest absolute Gasteiger partial charge is 0.330 e. The maximum Gasteiger partial charge on any atom is 0.247 e. The number of likely N-dealkylation sites (tertiary alicyclic amines) is 1. The number of benzene rings is 1. The molecule has 2 unspecified atom stereocenters. The molecule has 1 heterocycles. The Labute approximate surface area is 150 Å². The first-order valence-corrected chi connectivity index (χ1v) is 9.57. The zero-order valence-electron chi connectivity index (χ0n) is 13.1. The van der Waals surface area contributed by atoms with Gasteiger partial charge in [-0.3, -0.25) is 9.59 Å². The number of piperidine rings is 1. The maximum absolute atomic E-state index is 12.6. The Bertz CT molecular complexity index is 597. The summed E-state index contributed by atoms with van der Waals surface area (Å²) in [6, 6.07) is 4.52. The van der Waals surface area contributed by atoms with Crippen molar-refractivity contribution in [2.45, 2.75) is 37.5 Å². The van der Waals surface area contributed by atoms with Crippen molar-refractivity contribution in [2.24, 2.45) is 0 Å². The van der Waals surface area contributed by atoms with Gasteiger partial charge in [0.25, 0.3) is 0 Å². The molecule has 23 heavy (non-hydrogen) atoms. The molecule has 7 heteroatoms. The molecular weight excluding hydrogens is 355 g/mol. The normalized spacial score (nSPS) is 19.3. The van der Waals surface area contributed by atoms with Crippen molar-refractivity contribution >= 4 is 52.5 Å².